The molecule has 5 heteroatoms. The molecular formula is C15H25NO4. The Balaban J connectivity index is 1.97. The number of carboxylic acid groups (broad SMARTS) is 1. The van der Waals surface area contributed by atoms with Crippen LogP contribution in [0.4, 0.5) is 0 Å². The zero-order valence-corrected chi connectivity index (χ0v) is 12.2. The molecule has 2 fully saturated rings. The third-order valence-electron chi connectivity index (χ3n) is 4.47. The molecule has 3 unspecified atom stereocenters. The van der Waals surface area contributed by atoms with E-state index in [-0.39, 0.29) is 11.9 Å². The Morgan fingerprint density at radius 2 is 2.00 bits per heavy atom. The molecule has 2 rings (SSSR count). The summed E-state index contributed by atoms with van der Waals surface area (Å²) in [5, 5.41) is 9.36. The topological polar surface area (TPSA) is 66.8 Å². The highest BCUT2D eigenvalue weighted by Gasteiger charge is 2.47. The van der Waals surface area contributed by atoms with Gasteiger partial charge in [-0.2, -0.15) is 0 Å². The summed E-state index contributed by atoms with van der Waals surface area (Å²) in [6.45, 7) is 3.07. The number of carbonyl (C=O) groups excluding carboxylic acids is 1. The van der Waals surface area contributed by atoms with Gasteiger partial charge in [0.05, 0.1) is 13.0 Å². The summed E-state index contributed by atoms with van der Waals surface area (Å²) >= 11 is 0. The van der Waals surface area contributed by atoms with E-state index in [2.05, 4.69) is 0 Å². The molecular weight excluding hydrogens is 258 g/mol. The number of carbonyl (C=O) groups is 2. The van der Waals surface area contributed by atoms with E-state index in [4.69, 9.17) is 4.74 Å². The predicted molar refractivity (Wildman–Crippen MR) is 74.4 cm³/mol. The highest BCUT2D eigenvalue weighted by Crippen LogP contribution is 2.40. The summed E-state index contributed by atoms with van der Waals surface area (Å²) in [5.74, 6) is -0.532. The van der Waals surface area contributed by atoms with Gasteiger partial charge in [-0.25, -0.2) is 4.79 Å². The van der Waals surface area contributed by atoms with Crippen molar-refractivity contribution >= 4 is 11.9 Å². The molecule has 5 nitrogen and oxygen atoms in total. The van der Waals surface area contributed by atoms with Crippen LogP contribution in [0.3, 0.4) is 0 Å². The van der Waals surface area contributed by atoms with E-state index >= 15 is 0 Å². The maximum absolute atomic E-state index is 12.4. The molecule has 0 radical (unpaired) electrons. The number of hydrogen-bond donors (Lipinski definition) is 1. The largest absolute Gasteiger partial charge is 0.480 e. The smallest absolute Gasteiger partial charge is 0.326 e. The van der Waals surface area contributed by atoms with Gasteiger partial charge in [-0.05, 0) is 31.6 Å². The molecule has 0 aromatic rings. The number of fused-ring (bicyclic) bond motifs is 1. The first-order chi connectivity index (χ1) is 9.65. The highest BCUT2D eigenvalue weighted by molar-refractivity contribution is 5.84. The van der Waals surface area contributed by atoms with Crippen molar-refractivity contribution < 1.29 is 19.4 Å². The minimum atomic E-state index is -0.859. The van der Waals surface area contributed by atoms with Crippen molar-refractivity contribution in [3.63, 3.8) is 0 Å². The third kappa shape index (κ3) is 3.32. The van der Waals surface area contributed by atoms with Crippen LogP contribution >= 0.6 is 0 Å². The van der Waals surface area contributed by atoms with Crippen LogP contribution in [0.1, 0.15) is 51.9 Å². The number of hydrogen-bond acceptors (Lipinski definition) is 3. The zero-order chi connectivity index (χ0) is 14.5. The maximum atomic E-state index is 12.4. The molecule has 1 heterocycles. The number of carboxylic acids is 1. The summed E-state index contributed by atoms with van der Waals surface area (Å²) in [5.41, 5.74) is 0. The Morgan fingerprint density at radius 3 is 2.70 bits per heavy atom. The summed E-state index contributed by atoms with van der Waals surface area (Å²) in [6, 6.07) is -0.481. The van der Waals surface area contributed by atoms with Crippen LogP contribution in [0, 0.1) is 5.92 Å². The second-order valence-corrected chi connectivity index (χ2v) is 5.87. The Bertz CT molecular complexity index is 358. The van der Waals surface area contributed by atoms with Gasteiger partial charge in [0, 0.05) is 12.6 Å². The molecule has 3 atom stereocenters. The van der Waals surface area contributed by atoms with Crippen molar-refractivity contribution in [1.82, 2.24) is 4.90 Å². The average molecular weight is 283 g/mol. The molecule has 20 heavy (non-hydrogen) atoms. The molecule has 0 aromatic heterocycles. The van der Waals surface area contributed by atoms with Crippen molar-refractivity contribution in [2.75, 3.05) is 13.2 Å². The van der Waals surface area contributed by atoms with Gasteiger partial charge in [-0.3, -0.25) is 4.79 Å². The van der Waals surface area contributed by atoms with Gasteiger partial charge in [0.15, 0.2) is 0 Å². The minimum absolute atomic E-state index is 0.0529. The van der Waals surface area contributed by atoms with Crippen LogP contribution in [-0.4, -0.2) is 47.2 Å². The van der Waals surface area contributed by atoms with Crippen LogP contribution in [0.5, 0.6) is 0 Å². The van der Waals surface area contributed by atoms with Gasteiger partial charge >= 0.3 is 5.97 Å². The van der Waals surface area contributed by atoms with E-state index in [0.717, 1.165) is 32.1 Å². The molecule has 1 aliphatic heterocycles. The molecule has 1 N–H and O–H groups in total. The lowest BCUT2D eigenvalue weighted by molar-refractivity contribution is -0.150. The molecule has 1 aliphatic carbocycles. The number of ether oxygens (including phenoxy) is 1. The van der Waals surface area contributed by atoms with Gasteiger partial charge in [0.25, 0.3) is 0 Å². The monoisotopic (exact) mass is 283 g/mol. The first-order valence-corrected chi connectivity index (χ1v) is 7.76. The van der Waals surface area contributed by atoms with Gasteiger partial charge in [-0.1, -0.05) is 19.8 Å². The van der Waals surface area contributed by atoms with E-state index < -0.39 is 12.0 Å². The van der Waals surface area contributed by atoms with Crippen LogP contribution in [0.25, 0.3) is 0 Å². The summed E-state index contributed by atoms with van der Waals surface area (Å²) in [4.78, 5) is 25.4. The predicted octanol–water partition coefficient (Wildman–Crippen LogP) is 2.05. The first-order valence-electron chi connectivity index (χ1n) is 7.76. The number of nitrogens with zero attached hydrogens (tertiary/aromatic N) is 1. The average Bonchev–Trinajstić information content (AvgIpc) is 2.83. The number of likely N-dealkylation sites (tertiary alicyclic amines) is 1. The lowest BCUT2D eigenvalue weighted by atomic mass is 9.84. The van der Waals surface area contributed by atoms with Crippen molar-refractivity contribution in [3.05, 3.63) is 0 Å². The molecule has 1 saturated heterocycles. The normalized spacial score (nSPS) is 29.2. The lowest BCUT2D eigenvalue weighted by Gasteiger charge is -2.33. The SMILES string of the molecule is CCCOCCC(=O)N1C(C(=O)O)CC2CCCCC21. The minimum Gasteiger partial charge on any atom is -0.480 e. The summed E-state index contributed by atoms with van der Waals surface area (Å²) in [7, 11) is 0. The number of aliphatic carboxylic acids is 1. The first kappa shape index (κ1) is 15.3. The van der Waals surface area contributed by atoms with Crippen molar-refractivity contribution in [2.45, 2.75) is 64.0 Å². The fraction of sp³-hybridized carbons (Fsp3) is 0.867. The standard InChI is InChI=1S/C15H25NO4/c1-2-8-20-9-7-14(17)16-12-6-4-3-5-11(12)10-13(16)15(18)19/h11-13H,2-10H2,1H3,(H,18,19). The molecule has 0 spiro atoms. The molecule has 114 valence electrons. The van der Waals surface area contributed by atoms with Gasteiger partial charge in [0.1, 0.15) is 6.04 Å². The van der Waals surface area contributed by atoms with Gasteiger partial charge in [-0.15, -0.1) is 0 Å². The van der Waals surface area contributed by atoms with Gasteiger partial charge < -0.3 is 14.7 Å². The quantitative estimate of drug-likeness (QED) is 0.758. The Kier molecular flexibility index (Phi) is 5.40. The van der Waals surface area contributed by atoms with Crippen LogP contribution in [0.15, 0.2) is 0 Å². The molecule has 1 saturated carbocycles. The summed E-state index contributed by atoms with van der Waals surface area (Å²) < 4.78 is 5.35. The fourth-order valence-corrected chi connectivity index (χ4v) is 3.57. The Morgan fingerprint density at radius 1 is 1.25 bits per heavy atom. The van der Waals surface area contributed by atoms with Crippen molar-refractivity contribution in [2.24, 2.45) is 5.92 Å². The summed E-state index contributed by atoms with van der Waals surface area (Å²) in [6.07, 6.45) is 6.13. The second kappa shape index (κ2) is 7.07. The fourth-order valence-electron chi connectivity index (χ4n) is 3.57. The zero-order valence-electron chi connectivity index (χ0n) is 12.2. The van der Waals surface area contributed by atoms with Crippen molar-refractivity contribution in [3.8, 4) is 0 Å². The van der Waals surface area contributed by atoms with Gasteiger partial charge in [0.2, 0.25) is 5.91 Å². The van der Waals surface area contributed by atoms with Crippen LogP contribution in [-0.2, 0) is 14.3 Å². The Hall–Kier alpha value is -1.10. The third-order valence-corrected chi connectivity index (χ3v) is 4.47. The van der Waals surface area contributed by atoms with Crippen molar-refractivity contribution in [1.29, 1.82) is 0 Å². The van der Waals surface area contributed by atoms with E-state index in [1.54, 1.807) is 4.90 Å². The van der Waals surface area contributed by atoms with E-state index in [9.17, 15) is 14.7 Å². The molecule has 0 aromatic carbocycles. The number of amides is 1. The van der Waals surface area contributed by atoms with Crippen LogP contribution in [0.2, 0.25) is 0 Å². The number of rotatable bonds is 6. The molecule has 0 bridgehead atoms. The molecule has 2 aliphatic rings. The van der Waals surface area contributed by atoms with E-state index in [1.165, 1.54) is 0 Å². The van der Waals surface area contributed by atoms with E-state index in [1.807, 2.05) is 6.92 Å². The molecule has 1 amide bonds. The Labute approximate surface area is 120 Å². The highest BCUT2D eigenvalue weighted by atomic mass is 16.5. The maximum Gasteiger partial charge on any atom is 0.326 e. The second-order valence-electron chi connectivity index (χ2n) is 5.87. The van der Waals surface area contributed by atoms with Crippen LogP contribution < -0.4 is 0 Å². The van der Waals surface area contributed by atoms with E-state index in [0.29, 0.717) is 32.0 Å². The lowest BCUT2D eigenvalue weighted by Crippen LogP contribution is -2.46.